The first kappa shape index (κ1) is 16.5. The van der Waals surface area contributed by atoms with Gasteiger partial charge in [0.15, 0.2) is 0 Å². The van der Waals surface area contributed by atoms with Crippen LogP contribution in [-0.2, 0) is 0 Å². The fourth-order valence-electron chi connectivity index (χ4n) is 1.49. The van der Waals surface area contributed by atoms with E-state index in [1.807, 2.05) is 6.08 Å². The number of rotatable bonds is 2. The first-order chi connectivity index (χ1) is 8.13. The van der Waals surface area contributed by atoms with Crippen molar-refractivity contribution < 1.29 is 26.3 Å². The minimum atomic E-state index is 0. The first-order valence-corrected chi connectivity index (χ1v) is 5.13. The van der Waals surface area contributed by atoms with Crippen LogP contribution < -0.4 is 0 Å². The number of phenolic OH excluding ortho intramolecular Hbond substituents is 3. The van der Waals surface area contributed by atoms with Crippen molar-refractivity contribution in [1.82, 2.24) is 0 Å². The number of hydrogen-bond acceptors (Lipinski definition) is 3. The summed E-state index contributed by atoms with van der Waals surface area (Å²) in [6, 6.07) is 11.1. The van der Waals surface area contributed by atoms with Crippen molar-refractivity contribution in [3.8, 4) is 17.2 Å². The molecule has 0 aliphatic carbocycles. The lowest BCUT2D eigenvalue weighted by atomic mass is 10.1. The lowest BCUT2D eigenvalue weighted by Gasteiger charge is -1.98. The molecule has 0 heterocycles. The van der Waals surface area contributed by atoms with Crippen molar-refractivity contribution in [1.29, 1.82) is 0 Å². The molecule has 2 aromatic rings. The van der Waals surface area contributed by atoms with E-state index in [2.05, 4.69) is 0 Å². The maximum absolute atomic E-state index is 9.30. The van der Waals surface area contributed by atoms with Crippen molar-refractivity contribution in [3.05, 3.63) is 53.6 Å². The third kappa shape index (κ3) is 4.71. The van der Waals surface area contributed by atoms with E-state index in [0.29, 0.717) is 5.56 Å². The molecule has 2 rings (SSSR count). The van der Waals surface area contributed by atoms with Gasteiger partial charge < -0.3 is 26.3 Å². The largest absolute Gasteiger partial charge is 0.508 e. The summed E-state index contributed by atoms with van der Waals surface area (Å²) in [7, 11) is 0. The molecule has 5 nitrogen and oxygen atoms in total. The highest BCUT2D eigenvalue weighted by molar-refractivity contribution is 5.71. The van der Waals surface area contributed by atoms with Gasteiger partial charge in [-0.2, -0.15) is 0 Å². The molecule has 102 valence electrons. The van der Waals surface area contributed by atoms with Gasteiger partial charge in [0, 0.05) is 6.07 Å². The number of benzene rings is 2. The molecule has 0 aliphatic rings. The second-order valence-electron chi connectivity index (χ2n) is 3.71. The fraction of sp³-hybridized carbons (Fsp3) is 0. The van der Waals surface area contributed by atoms with E-state index in [-0.39, 0.29) is 28.2 Å². The molecule has 0 saturated heterocycles. The van der Waals surface area contributed by atoms with Gasteiger partial charge in [0.05, 0.1) is 0 Å². The summed E-state index contributed by atoms with van der Waals surface area (Å²) in [4.78, 5) is 0. The summed E-state index contributed by atoms with van der Waals surface area (Å²) >= 11 is 0. The Kier molecular flexibility index (Phi) is 6.12. The predicted octanol–water partition coefficient (Wildman–Crippen LogP) is 1.32. The maximum atomic E-state index is 9.30. The number of aromatic hydroxyl groups is 3. The van der Waals surface area contributed by atoms with Crippen LogP contribution in [0.15, 0.2) is 42.5 Å². The zero-order valence-electron chi connectivity index (χ0n) is 10.0. The highest BCUT2D eigenvalue weighted by atomic mass is 16.3. The fourth-order valence-corrected chi connectivity index (χ4v) is 1.49. The van der Waals surface area contributed by atoms with Crippen molar-refractivity contribution in [2.45, 2.75) is 0 Å². The van der Waals surface area contributed by atoms with E-state index in [1.165, 1.54) is 6.07 Å². The van der Waals surface area contributed by atoms with E-state index in [0.717, 1.165) is 5.56 Å². The SMILES string of the molecule is O.O.Oc1ccc(/C=C/c2cc(O)cc(O)c2)cc1. The normalized spacial score (nSPS) is 9.68. The van der Waals surface area contributed by atoms with Gasteiger partial charge in [0.1, 0.15) is 17.2 Å². The summed E-state index contributed by atoms with van der Waals surface area (Å²) in [5.41, 5.74) is 1.63. The lowest BCUT2D eigenvalue weighted by molar-refractivity contribution is 0.450. The van der Waals surface area contributed by atoms with Gasteiger partial charge >= 0.3 is 0 Å². The summed E-state index contributed by atoms with van der Waals surface area (Å²) in [5.74, 6) is 0.267. The van der Waals surface area contributed by atoms with Crippen LogP contribution >= 0.6 is 0 Å². The van der Waals surface area contributed by atoms with E-state index in [1.54, 1.807) is 42.5 Å². The molecule has 0 unspecified atom stereocenters. The Labute approximate surface area is 110 Å². The second-order valence-corrected chi connectivity index (χ2v) is 3.71. The van der Waals surface area contributed by atoms with Crippen LogP contribution in [0.3, 0.4) is 0 Å². The second kappa shape index (κ2) is 7.05. The van der Waals surface area contributed by atoms with Crippen molar-refractivity contribution in [2.75, 3.05) is 0 Å². The molecule has 2 aromatic carbocycles. The van der Waals surface area contributed by atoms with Crippen LogP contribution in [0.5, 0.6) is 17.2 Å². The van der Waals surface area contributed by atoms with Gasteiger partial charge in [-0.25, -0.2) is 0 Å². The Morgan fingerprint density at radius 3 is 1.58 bits per heavy atom. The molecular formula is C14H16O5. The smallest absolute Gasteiger partial charge is 0.119 e. The highest BCUT2D eigenvalue weighted by Gasteiger charge is 1.95. The van der Waals surface area contributed by atoms with Crippen LogP contribution in [0.25, 0.3) is 12.2 Å². The minimum Gasteiger partial charge on any atom is -0.508 e. The van der Waals surface area contributed by atoms with Gasteiger partial charge in [-0.15, -0.1) is 0 Å². The molecular weight excluding hydrogens is 248 g/mol. The molecule has 0 spiro atoms. The molecule has 0 radical (unpaired) electrons. The Morgan fingerprint density at radius 1 is 0.579 bits per heavy atom. The average Bonchev–Trinajstić information content (AvgIpc) is 2.27. The molecule has 0 aliphatic heterocycles. The van der Waals surface area contributed by atoms with Crippen LogP contribution in [0.4, 0.5) is 0 Å². The molecule has 0 fully saturated rings. The molecule has 19 heavy (non-hydrogen) atoms. The summed E-state index contributed by atoms with van der Waals surface area (Å²) in [6.07, 6.45) is 3.60. The summed E-state index contributed by atoms with van der Waals surface area (Å²) in [6.45, 7) is 0. The molecule has 7 N–H and O–H groups in total. The monoisotopic (exact) mass is 264 g/mol. The summed E-state index contributed by atoms with van der Waals surface area (Å²) in [5, 5.41) is 27.7. The van der Waals surface area contributed by atoms with E-state index in [9.17, 15) is 10.2 Å². The number of phenols is 3. The van der Waals surface area contributed by atoms with Crippen molar-refractivity contribution >= 4 is 12.2 Å². The Hall–Kier alpha value is -2.50. The average molecular weight is 264 g/mol. The van der Waals surface area contributed by atoms with Crippen LogP contribution in [-0.4, -0.2) is 26.3 Å². The van der Waals surface area contributed by atoms with Gasteiger partial charge in [0.2, 0.25) is 0 Å². The van der Waals surface area contributed by atoms with E-state index in [4.69, 9.17) is 5.11 Å². The van der Waals surface area contributed by atoms with E-state index >= 15 is 0 Å². The molecule has 0 bridgehead atoms. The standard InChI is InChI=1S/C14H12O3.2H2O/c15-12-5-3-10(4-6-12)1-2-11-7-13(16)9-14(17)8-11;;/h1-9,15-17H;2*1H2/b2-1+;;. The lowest BCUT2D eigenvalue weighted by Crippen LogP contribution is -1.74. The predicted molar refractivity (Wildman–Crippen MR) is 74.0 cm³/mol. The van der Waals surface area contributed by atoms with Gasteiger partial charge in [-0.05, 0) is 35.4 Å². The van der Waals surface area contributed by atoms with Crippen molar-refractivity contribution in [2.24, 2.45) is 0 Å². The molecule has 0 atom stereocenters. The highest BCUT2D eigenvalue weighted by Crippen LogP contribution is 2.22. The molecule has 0 saturated carbocycles. The van der Waals surface area contributed by atoms with Gasteiger partial charge in [0.25, 0.3) is 0 Å². The Bertz CT molecular complexity index is 526. The van der Waals surface area contributed by atoms with Crippen LogP contribution in [0.2, 0.25) is 0 Å². The van der Waals surface area contributed by atoms with Crippen molar-refractivity contribution in [3.63, 3.8) is 0 Å². The number of hydrogen-bond donors (Lipinski definition) is 3. The van der Waals surface area contributed by atoms with E-state index < -0.39 is 0 Å². The minimum absolute atomic E-state index is 0. The van der Waals surface area contributed by atoms with Crippen LogP contribution in [0, 0.1) is 0 Å². The van der Waals surface area contributed by atoms with Gasteiger partial charge in [-0.1, -0.05) is 24.3 Å². The maximum Gasteiger partial charge on any atom is 0.119 e. The quantitative estimate of drug-likeness (QED) is 0.708. The Morgan fingerprint density at radius 2 is 1.05 bits per heavy atom. The Balaban J connectivity index is 0.00000162. The van der Waals surface area contributed by atoms with Crippen LogP contribution in [0.1, 0.15) is 11.1 Å². The third-order valence-electron chi connectivity index (χ3n) is 2.29. The molecule has 0 amide bonds. The summed E-state index contributed by atoms with van der Waals surface area (Å²) < 4.78 is 0. The topological polar surface area (TPSA) is 124 Å². The molecule has 5 heteroatoms. The third-order valence-corrected chi connectivity index (χ3v) is 2.29. The zero-order valence-corrected chi connectivity index (χ0v) is 10.0. The molecule has 0 aromatic heterocycles. The van der Waals surface area contributed by atoms with Gasteiger partial charge in [-0.3, -0.25) is 0 Å². The first-order valence-electron chi connectivity index (χ1n) is 5.13. The zero-order chi connectivity index (χ0) is 12.3.